The Bertz CT molecular complexity index is 220. The first kappa shape index (κ1) is 13.9. The maximum Gasteiger partial charge on any atom is 0.264 e. The van der Waals surface area contributed by atoms with Crippen LogP contribution in [-0.2, 0) is 10.1 Å². The van der Waals surface area contributed by atoms with Crippen LogP contribution in [0.1, 0.15) is 39.0 Å². The molecule has 14 heavy (non-hydrogen) atoms. The Kier molecular flexibility index (Phi) is 7.13. The SMILES string of the molecule is CCS(=O)(=O)O.CNC1CCCCC1. The minimum atomic E-state index is -3.66. The third-order valence-electron chi connectivity index (χ3n) is 2.38. The summed E-state index contributed by atoms with van der Waals surface area (Å²) >= 11 is 0. The van der Waals surface area contributed by atoms with Gasteiger partial charge in [-0.05, 0) is 26.8 Å². The molecule has 1 saturated carbocycles. The van der Waals surface area contributed by atoms with Crippen molar-refractivity contribution in [3.05, 3.63) is 0 Å². The molecule has 0 spiro atoms. The first-order valence-electron chi connectivity index (χ1n) is 5.12. The predicted molar refractivity (Wildman–Crippen MR) is 58.0 cm³/mol. The summed E-state index contributed by atoms with van der Waals surface area (Å²) < 4.78 is 26.9. The van der Waals surface area contributed by atoms with Gasteiger partial charge in [-0.1, -0.05) is 19.3 Å². The van der Waals surface area contributed by atoms with Gasteiger partial charge in [0.2, 0.25) is 0 Å². The smallest absolute Gasteiger partial charge is 0.264 e. The van der Waals surface area contributed by atoms with Crippen molar-refractivity contribution in [3.8, 4) is 0 Å². The quantitative estimate of drug-likeness (QED) is 0.695. The van der Waals surface area contributed by atoms with Crippen LogP contribution in [-0.4, -0.2) is 31.8 Å². The van der Waals surface area contributed by atoms with Gasteiger partial charge in [0, 0.05) is 6.04 Å². The number of hydrogen-bond acceptors (Lipinski definition) is 3. The number of hydrogen-bond donors (Lipinski definition) is 2. The highest BCUT2D eigenvalue weighted by molar-refractivity contribution is 7.85. The molecule has 0 aliphatic heterocycles. The third kappa shape index (κ3) is 8.47. The summed E-state index contributed by atoms with van der Waals surface area (Å²) in [5, 5.41) is 3.30. The molecule has 86 valence electrons. The molecule has 5 heteroatoms. The van der Waals surface area contributed by atoms with E-state index in [-0.39, 0.29) is 5.75 Å². The highest BCUT2D eigenvalue weighted by Crippen LogP contribution is 2.16. The average Bonchev–Trinajstić information content (AvgIpc) is 2.19. The fraction of sp³-hybridized carbons (Fsp3) is 1.00. The van der Waals surface area contributed by atoms with Gasteiger partial charge >= 0.3 is 0 Å². The Hall–Kier alpha value is -0.130. The predicted octanol–water partition coefficient (Wildman–Crippen LogP) is 1.43. The van der Waals surface area contributed by atoms with Crippen molar-refractivity contribution >= 4 is 10.1 Å². The van der Waals surface area contributed by atoms with Crippen LogP contribution >= 0.6 is 0 Å². The van der Waals surface area contributed by atoms with Crippen molar-refractivity contribution in [2.24, 2.45) is 0 Å². The van der Waals surface area contributed by atoms with E-state index in [2.05, 4.69) is 12.4 Å². The van der Waals surface area contributed by atoms with Crippen LogP contribution in [0.15, 0.2) is 0 Å². The molecule has 2 N–H and O–H groups in total. The summed E-state index contributed by atoms with van der Waals surface area (Å²) in [5.74, 6) is -0.201. The third-order valence-corrected chi connectivity index (χ3v) is 3.11. The highest BCUT2D eigenvalue weighted by atomic mass is 32.2. The van der Waals surface area contributed by atoms with Crippen molar-refractivity contribution in [1.82, 2.24) is 5.32 Å². The van der Waals surface area contributed by atoms with E-state index >= 15 is 0 Å². The molecule has 0 aromatic heterocycles. The molecule has 0 aromatic rings. The standard InChI is InChI=1S/C7H15N.C2H6O3S/c1-8-7-5-3-2-4-6-7;1-2-6(3,4)5/h7-8H,2-6H2,1H3;2H2,1H3,(H,3,4,5). The van der Waals surface area contributed by atoms with Crippen molar-refractivity contribution in [3.63, 3.8) is 0 Å². The van der Waals surface area contributed by atoms with E-state index in [1.165, 1.54) is 39.0 Å². The molecule has 1 rings (SSSR count). The Morgan fingerprint density at radius 1 is 1.29 bits per heavy atom. The molecule has 0 saturated heterocycles. The first-order valence-corrected chi connectivity index (χ1v) is 6.73. The molecule has 0 aromatic carbocycles. The second-order valence-corrected chi connectivity index (χ2v) is 5.24. The normalized spacial score (nSPS) is 18.5. The van der Waals surface area contributed by atoms with Crippen LogP contribution in [0.4, 0.5) is 0 Å². The zero-order chi connectivity index (χ0) is 11.0. The molecule has 1 aliphatic carbocycles. The molecule has 4 nitrogen and oxygen atoms in total. The molecule has 0 amide bonds. The summed E-state index contributed by atoms with van der Waals surface area (Å²) in [7, 11) is -1.60. The molecule has 0 atom stereocenters. The van der Waals surface area contributed by atoms with Gasteiger partial charge in [-0.25, -0.2) is 0 Å². The first-order chi connectivity index (χ1) is 6.49. The van der Waals surface area contributed by atoms with Crippen LogP contribution in [0.2, 0.25) is 0 Å². The Morgan fingerprint density at radius 3 is 1.93 bits per heavy atom. The van der Waals surface area contributed by atoms with E-state index in [1.54, 1.807) is 0 Å². The molecular formula is C9H21NO3S. The minimum absolute atomic E-state index is 0.201. The summed E-state index contributed by atoms with van der Waals surface area (Å²) in [5.41, 5.74) is 0. The monoisotopic (exact) mass is 223 g/mol. The number of nitrogens with one attached hydrogen (secondary N) is 1. The van der Waals surface area contributed by atoms with Crippen molar-refractivity contribution in [1.29, 1.82) is 0 Å². The second kappa shape index (κ2) is 7.20. The van der Waals surface area contributed by atoms with Crippen molar-refractivity contribution in [2.75, 3.05) is 12.8 Å². The van der Waals surface area contributed by atoms with E-state index in [9.17, 15) is 8.42 Å². The van der Waals surface area contributed by atoms with Gasteiger partial charge in [0.25, 0.3) is 10.1 Å². The van der Waals surface area contributed by atoms with E-state index in [0.29, 0.717) is 0 Å². The fourth-order valence-electron chi connectivity index (χ4n) is 1.39. The van der Waals surface area contributed by atoms with Crippen LogP contribution in [0, 0.1) is 0 Å². The zero-order valence-corrected chi connectivity index (χ0v) is 9.81. The van der Waals surface area contributed by atoms with Gasteiger partial charge in [-0.15, -0.1) is 0 Å². The lowest BCUT2D eigenvalue weighted by Crippen LogP contribution is -2.26. The van der Waals surface area contributed by atoms with E-state index in [4.69, 9.17) is 4.55 Å². The average molecular weight is 223 g/mol. The topological polar surface area (TPSA) is 66.4 Å². The van der Waals surface area contributed by atoms with Crippen LogP contribution in [0.5, 0.6) is 0 Å². The fourth-order valence-corrected chi connectivity index (χ4v) is 1.39. The Balaban J connectivity index is 0.000000255. The lowest BCUT2D eigenvalue weighted by atomic mass is 9.96. The second-order valence-electron chi connectivity index (χ2n) is 3.49. The summed E-state index contributed by atoms with van der Waals surface area (Å²) in [4.78, 5) is 0. The van der Waals surface area contributed by atoms with Crippen molar-refractivity contribution in [2.45, 2.75) is 45.1 Å². The van der Waals surface area contributed by atoms with Crippen LogP contribution in [0.25, 0.3) is 0 Å². The van der Waals surface area contributed by atoms with Gasteiger partial charge in [0.05, 0.1) is 5.75 Å². The highest BCUT2D eigenvalue weighted by Gasteiger charge is 2.09. The summed E-state index contributed by atoms with van der Waals surface area (Å²) in [6, 6.07) is 0.837. The number of rotatable bonds is 2. The Labute approximate surface area is 86.8 Å². The van der Waals surface area contributed by atoms with Gasteiger partial charge < -0.3 is 5.32 Å². The molecule has 0 bridgehead atoms. The Morgan fingerprint density at radius 2 is 1.71 bits per heavy atom. The maximum atomic E-state index is 9.56. The van der Waals surface area contributed by atoms with Crippen LogP contribution < -0.4 is 5.32 Å². The molecular weight excluding hydrogens is 202 g/mol. The van der Waals surface area contributed by atoms with Gasteiger partial charge in [-0.2, -0.15) is 8.42 Å². The van der Waals surface area contributed by atoms with Gasteiger partial charge in [0.15, 0.2) is 0 Å². The minimum Gasteiger partial charge on any atom is -0.317 e. The zero-order valence-electron chi connectivity index (χ0n) is 8.99. The molecule has 0 unspecified atom stereocenters. The van der Waals surface area contributed by atoms with E-state index in [1.807, 2.05) is 0 Å². The van der Waals surface area contributed by atoms with E-state index in [0.717, 1.165) is 6.04 Å². The van der Waals surface area contributed by atoms with Crippen LogP contribution in [0.3, 0.4) is 0 Å². The molecule has 1 fully saturated rings. The summed E-state index contributed by atoms with van der Waals surface area (Å²) in [6.07, 6.45) is 7.13. The lowest BCUT2D eigenvalue weighted by Gasteiger charge is -2.20. The maximum absolute atomic E-state index is 9.56. The molecule has 0 radical (unpaired) electrons. The summed E-state index contributed by atoms with van der Waals surface area (Å²) in [6.45, 7) is 1.37. The lowest BCUT2D eigenvalue weighted by molar-refractivity contribution is 0.394. The van der Waals surface area contributed by atoms with E-state index < -0.39 is 10.1 Å². The van der Waals surface area contributed by atoms with Gasteiger partial charge in [0.1, 0.15) is 0 Å². The largest absolute Gasteiger partial charge is 0.317 e. The molecule has 0 heterocycles. The van der Waals surface area contributed by atoms with Crippen molar-refractivity contribution < 1.29 is 13.0 Å². The van der Waals surface area contributed by atoms with Gasteiger partial charge in [-0.3, -0.25) is 4.55 Å². The molecule has 1 aliphatic rings.